The first-order valence-corrected chi connectivity index (χ1v) is 12.0. The summed E-state index contributed by atoms with van der Waals surface area (Å²) in [6.07, 6.45) is 5.39. The molecule has 1 atom stereocenters. The smallest absolute Gasteiger partial charge is 0.266 e. The van der Waals surface area contributed by atoms with E-state index in [0.29, 0.717) is 18.7 Å². The van der Waals surface area contributed by atoms with E-state index >= 15 is 0 Å². The number of thiazole rings is 1. The van der Waals surface area contributed by atoms with Crippen molar-refractivity contribution in [1.29, 1.82) is 0 Å². The SMILES string of the molecule is Cc1cnc(NS(=O)(=O)c2cc(Cl)c(NCCCCCC[C@@H](O)CN)cc2F)s1. The molecular formula is C18H26ClFN4O3S2. The fraction of sp³-hybridized carbons (Fsp3) is 0.500. The Morgan fingerprint density at radius 2 is 2.03 bits per heavy atom. The average molecular weight is 465 g/mol. The molecule has 29 heavy (non-hydrogen) atoms. The summed E-state index contributed by atoms with van der Waals surface area (Å²) in [5.41, 5.74) is 5.69. The van der Waals surface area contributed by atoms with Gasteiger partial charge in [0, 0.05) is 24.2 Å². The van der Waals surface area contributed by atoms with Gasteiger partial charge >= 0.3 is 0 Å². The van der Waals surface area contributed by atoms with Crippen LogP contribution in [0.15, 0.2) is 23.2 Å². The van der Waals surface area contributed by atoms with Crippen LogP contribution in [-0.2, 0) is 10.0 Å². The second-order valence-electron chi connectivity index (χ2n) is 6.66. The first kappa shape index (κ1) is 23.8. The first-order chi connectivity index (χ1) is 13.7. The number of benzene rings is 1. The van der Waals surface area contributed by atoms with Crippen LogP contribution in [0.3, 0.4) is 0 Å². The summed E-state index contributed by atoms with van der Waals surface area (Å²) in [5, 5.41) is 12.7. The Balaban J connectivity index is 1.90. The molecule has 162 valence electrons. The minimum atomic E-state index is -4.13. The Hall–Kier alpha value is -1.46. The first-order valence-electron chi connectivity index (χ1n) is 9.29. The number of hydrogen-bond acceptors (Lipinski definition) is 7. The number of aryl methyl sites for hydroxylation is 1. The van der Waals surface area contributed by atoms with Gasteiger partial charge in [-0.1, -0.05) is 30.9 Å². The molecule has 0 aliphatic carbocycles. The Labute approximate surface area is 179 Å². The third kappa shape index (κ3) is 7.38. The molecule has 0 saturated heterocycles. The van der Waals surface area contributed by atoms with Crippen LogP contribution in [0.2, 0.25) is 5.02 Å². The maximum atomic E-state index is 14.4. The number of aliphatic hydroxyl groups excluding tert-OH is 1. The molecule has 0 aliphatic rings. The van der Waals surface area contributed by atoms with Gasteiger partial charge in [0.05, 0.1) is 16.8 Å². The number of halogens is 2. The van der Waals surface area contributed by atoms with E-state index in [2.05, 4.69) is 15.0 Å². The Bertz CT molecular complexity index is 909. The van der Waals surface area contributed by atoms with Gasteiger partial charge in [-0.15, -0.1) is 11.3 Å². The van der Waals surface area contributed by atoms with E-state index in [1.165, 1.54) is 6.20 Å². The molecule has 1 aromatic heterocycles. The predicted octanol–water partition coefficient (Wildman–Crippen LogP) is 3.73. The number of sulfonamides is 1. The molecule has 2 rings (SSSR count). The van der Waals surface area contributed by atoms with Crippen molar-refractivity contribution in [1.82, 2.24) is 4.98 Å². The highest BCUT2D eigenvalue weighted by Gasteiger charge is 2.22. The van der Waals surface area contributed by atoms with Crippen LogP contribution in [0.4, 0.5) is 15.2 Å². The van der Waals surface area contributed by atoms with Crippen LogP contribution in [0.25, 0.3) is 0 Å². The van der Waals surface area contributed by atoms with E-state index in [-0.39, 0.29) is 16.7 Å². The normalized spacial score (nSPS) is 12.7. The lowest BCUT2D eigenvalue weighted by Crippen LogP contribution is -2.19. The molecule has 0 amide bonds. The van der Waals surface area contributed by atoms with Gasteiger partial charge < -0.3 is 16.2 Å². The van der Waals surface area contributed by atoms with E-state index in [1.54, 1.807) is 6.92 Å². The predicted molar refractivity (Wildman–Crippen MR) is 116 cm³/mol. The summed E-state index contributed by atoms with van der Waals surface area (Å²) in [7, 11) is -4.13. The Morgan fingerprint density at radius 1 is 1.31 bits per heavy atom. The van der Waals surface area contributed by atoms with Gasteiger partial charge in [-0.25, -0.2) is 17.8 Å². The third-order valence-electron chi connectivity index (χ3n) is 4.21. The Kier molecular flexibility index (Phi) is 9.09. The highest BCUT2D eigenvalue weighted by atomic mass is 35.5. The summed E-state index contributed by atoms with van der Waals surface area (Å²) < 4.78 is 41.6. The molecule has 1 aromatic carbocycles. The van der Waals surface area contributed by atoms with Gasteiger partial charge in [0.25, 0.3) is 10.0 Å². The molecular weight excluding hydrogens is 439 g/mol. The lowest BCUT2D eigenvalue weighted by Gasteiger charge is -2.12. The summed E-state index contributed by atoms with van der Waals surface area (Å²) in [5.74, 6) is -0.895. The summed E-state index contributed by atoms with van der Waals surface area (Å²) in [6.45, 7) is 2.63. The van der Waals surface area contributed by atoms with Crippen molar-refractivity contribution >= 4 is 43.8 Å². The van der Waals surface area contributed by atoms with Crippen LogP contribution in [0.5, 0.6) is 0 Å². The molecule has 0 spiro atoms. The number of hydrogen-bond donors (Lipinski definition) is 4. The van der Waals surface area contributed by atoms with Crippen molar-refractivity contribution in [2.75, 3.05) is 23.1 Å². The number of nitrogens with one attached hydrogen (secondary N) is 2. The number of aromatic nitrogens is 1. The fourth-order valence-electron chi connectivity index (χ4n) is 2.64. The lowest BCUT2D eigenvalue weighted by atomic mass is 10.1. The van der Waals surface area contributed by atoms with E-state index in [4.69, 9.17) is 17.3 Å². The highest BCUT2D eigenvalue weighted by Crippen LogP contribution is 2.30. The summed E-state index contributed by atoms with van der Waals surface area (Å²) in [4.78, 5) is 4.22. The standard InChI is InChI=1S/C18H26ClFN4O3S2/c1-12-11-23-18(28-12)24-29(26,27)17-8-14(19)16(9-15(17)20)22-7-5-3-2-4-6-13(25)10-21/h8-9,11,13,22,25H,2-7,10,21H2,1H3,(H,23,24)/t13-/m1/s1. The van der Waals surface area contributed by atoms with Crippen LogP contribution in [-0.4, -0.2) is 37.7 Å². The zero-order chi connectivity index (χ0) is 21.4. The minimum absolute atomic E-state index is 0.119. The number of unbranched alkanes of at least 4 members (excludes halogenated alkanes) is 3. The molecule has 11 heteroatoms. The van der Waals surface area contributed by atoms with Crippen LogP contribution in [0, 0.1) is 12.7 Å². The number of nitrogens with two attached hydrogens (primary N) is 1. The summed E-state index contributed by atoms with van der Waals surface area (Å²) in [6, 6.07) is 2.18. The molecule has 0 bridgehead atoms. The van der Waals surface area contributed by atoms with E-state index in [1.807, 2.05) is 0 Å². The van der Waals surface area contributed by atoms with Crippen molar-refractivity contribution in [3.63, 3.8) is 0 Å². The van der Waals surface area contributed by atoms with Crippen LogP contribution >= 0.6 is 22.9 Å². The average Bonchev–Trinajstić information content (AvgIpc) is 3.06. The molecule has 2 aromatic rings. The van der Waals surface area contributed by atoms with E-state index in [9.17, 15) is 17.9 Å². The fourth-order valence-corrected chi connectivity index (χ4v) is 4.93. The second-order valence-corrected chi connectivity index (χ2v) is 9.96. The van der Waals surface area contributed by atoms with Gasteiger partial charge in [0.1, 0.15) is 10.7 Å². The zero-order valence-corrected chi connectivity index (χ0v) is 18.5. The Morgan fingerprint density at radius 3 is 2.69 bits per heavy atom. The van der Waals surface area contributed by atoms with Gasteiger partial charge in [0.15, 0.2) is 5.13 Å². The lowest BCUT2D eigenvalue weighted by molar-refractivity contribution is 0.169. The van der Waals surface area contributed by atoms with Gasteiger partial charge in [-0.2, -0.15) is 0 Å². The molecule has 0 radical (unpaired) electrons. The summed E-state index contributed by atoms with van der Waals surface area (Å²) >= 11 is 7.31. The van der Waals surface area contributed by atoms with Gasteiger partial charge in [0.2, 0.25) is 0 Å². The molecule has 1 heterocycles. The van der Waals surface area contributed by atoms with Crippen LogP contribution < -0.4 is 15.8 Å². The van der Waals surface area contributed by atoms with E-state index in [0.717, 1.165) is 54.0 Å². The third-order valence-corrected chi connectivity index (χ3v) is 6.83. The second kappa shape index (κ2) is 11.1. The monoisotopic (exact) mass is 464 g/mol. The van der Waals surface area contributed by atoms with Crippen LogP contribution in [0.1, 0.15) is 37.0 Å². The van der Waals surface area contributed by atoms with Gasteiger partial charge in [-0.05, 0) is 31.9 Å². The molecule has 5 N–H and O–H groups in total. The number of anilines is 2. The van der Waals surface area contributed by atoms with Crippen molar-refractivity contribution < 1.29 is 17.9 Å². The maximum absolute atomic E-state index is 14.4. The molecule has 0 unspecified atom stereocenters. The molecule has 0 aliphatic heterocycles. The quantitative estimate of drug-likeness (QED) is 0.355. The number of rotatable bonds is 12. The molecule has 0 fully saturated rings. The zero-order valence-electron chi connectivity index (χ0n) is 16.1. The van der Waals surface area contributed by atoms with E-state index < -0.39 is 26.8 Å². The van der Waals surface area contributed by atoms with Crippen molar-refractivity contribution in [2.24, 2.45) is 5.73 Å². The minimum Gasteiger partial charge on any atom is -0.392 e. The van der Waals surface area contributed by atoms with Crippen molar-refractivity contribution in [2.45, 2.75) is 50.0 Å². The molecule has 0 saturated carbocycles. The number of nitrogens with zero attached hydrogens (tertiary/aromatic N) is 1. The number of aliphatic hydroxyl groups is 1. The highest BCUT2D eigenvalue weighted by molar-refractivity contribution is 7.93. The topological polar surface area (TPSA) is 117 Å². The van der Waals surface area contributed by atoms with Crippen molar-refractivity contribution in [3.05, 3.63) is 34.0 Å². The molecule has 7 nitrogen and oxygen atoms in total. The largest absolute Gasteiger partial charge is 0.392 e. The maximum Gasteiger partial charge on any atom is 0.266 e. The van der Waals surface area contributed by atoms with Crippen molar-refractivity contribution in [3.8, 4) is 0 Å². The van der Waals surface area contributed by atoms with Gasteiger partial charge in [-0.3, -0.25) is 4.72 Å².